The molecule has 0 unspecified atom stereocenters. The van der Waals surface area contributed by atoms with Gasteiger partial charge in [0.1, 0.15) is 0 Å². The van der Waals surface area contributed by atoms with Crippen LogP contribution in [0, 0.1) is 0 Å². The third-order valence-electron chi connectivity index (χ3n) is 19.5. The van der Waals surface area contributed by atoms with Crippen LogP contribution < -0.4 is 0 Å². The molecule has 0 saturated heterocycles. The van der Waals surface area contributed by atoms with Gasteiger partial charge in [0, 0.05) is 25.7 Å². The molecule has 109 heavy (non-hydrogen) atoms. The van der Waals surface area contributed by atoms with Crippen LogP contribution in [0.1, 0.15) is 477 Å². The molecule has 0 rings (SSSR count). The van der Waals surface area contributed by atoms with E-state index in [1.54, 1.807) is 0 Å². The summed E-state index contributed by atoms with van der Waals surface area (Å²) in [7, 11) is 0. The van der Waals surface area contributed by atoms with Crippen LogP contribution >= 0.6 is 13.5 Å². The average Bonchev–Trinajstić information content (AvgIpc) is 2.78. The molecular formula is C94H182O8S5Sn2. The van der Waals surface area contributed by atoms with Crippen LogP contribution in [0.25, 0.3) is 0 Å². The van der Waals surface area contributed by atoms with Crippen molar-refractivity contribution < 1.29 is 38.1 Å². The summed E-state index contributed by atoms with van der Waals surface area (Å²) in [6.45, 7) is 16.6. The molecule has 644 valence electrons. The Balaban J connectivity index is -0.000000172. The molecule has 0 aromatic heterocycles. The zero-order chi connectivity index (χ0) is 76.5. The molecule has 0 N–H and O–H groups in total. The molecule has 4 radical (unpaired) electrons. The second-order valence-electron chi connectivity index (χ2n) is 29.6. The summed E-state index contributed by atoms with van der Waals surface area (Å²) >= 11 is 19.0. The van der Waals surface area contributed by atoms with Gasteiger partial charge in [0.15, 0.2) is 0 Å². The Morgan fingerprint density at radius 2 is 0.284 bits per heavy atom. The fourth-order valence-electron chi connectivity index (χ4n) is 13.0. The van der Waals surface area contributed by atoms with E-state index in [2.05, 4.69) is 26.3 Å². The molecule has 8 nitrogen and oxygen atoms in total. The number of esters is 4. The van der Waals surface area contributed by atoms with E-state index in [0.29, 0.717) is 75.1 Å². The Kier molecular flexibility index (Phi) is 145. The van der Waals surface area contributed by atoms with Crippen molar-refractivity contribution in [2.45, 2.75) is 477 Å². The number of rotatable bonds is 84. The van der Waals surface area contributed by atoms with Crippen molar-refractivity contribution in [2.75, 3.05) is 49.4 Å². The van der Waals surface area contributed by atoms with Crippen LogP contribution in [0.15, 0.2) is 50.6 Å². The number of hydrogen-bond donors (Lipinski definition) is 0. The minimum Gasteiger partial charge on any atom is -0.789 e. The van der Waals surface area contributed by atoms with E-state index in [1.165, 1.54) is 385 Å². The van der Waals surface area contributed by atoms with Crippen LogP contribution in [0.4, 0.5) is 0 Å². The zero-order valence-corrected chi connectivity index (χ0v) is 80.1. The molecule has 0 saturated carbocycles. The van der Waals surface area contributed by atoms with E-state index >= 15 is 0 Å². The molecule has 0 heterocycles. The van der Waals surface area contributed by atoms with E-state index in [4.69, 9.17) is 69.5 Å². The predicted molar refractivity (Wildman–Crippen MR) is 501 cm³/mol. The molecular weight excluding hydrogens is 1650 g/mol. The van der Waals surface area contributed by atoms with Gasteiger partial charge in [-0.25, -0.2) is 0 Å². The van der Waals surface area contributed by atoms with Crippen LogP contribution in [-0.4, -0.2) is 121 Å². The molecule has 0 aliphatic carbocycles. The number of ether oxygens (including phenoxy) is 4. The van der Waals surface area contributed by atoms with E-state index in [0.717, 1.165) is 51.4 Å². The summed E-state index contributed by atoms with van der Waals surface area (Å²) in [5.74, 6) is 1.68. The quantitative estimate of drug-likeness (QED) is 0.0145. The van der Waals surface area contributed by atoms with Crippen molar-refractivity contribution in [3.8, 4) is 0 Å². The summed E-state index contributed by atoms with van der Waals surface area (Å²) in [5, 5.41) is 0. The molecule has 0 aromatic carbocycles. The first-order valence-corrected chi connectivity index (χ1v) is 46.9. The second-order valence-corrected chi connectivity index (χ2v) is 31.3. The standard InChI is InChI=1S/4C23H44O2S.2CH4.H2S.2Sn/c4*1-2-3-4-5-6-7-8-9-10-11-12-13-14-15-16-17-18-19-20-23(24)25-21-22-26;;;;;/h4*2,26H,1,3-22H2;2*1H4;1H2;;/q;;;;;;;2*+2/p-4. The maximum atomic E-state index is 11.3. The number of allylic oxidation sites excluding steroid dienone is 4. The molecule has 15 heteroatoms. The third kappa shape index (κ3) is 132. The van der Waals surface area contributed by atoms with Gasteiger partial charge in [-0.3, -0.25) is 19.2 Å². The SMILES string of the molecule is C.C.C=CCCCCCCCCCCCCCCCCCCC(=O)OCC[S-].C=CCCCCCCCCCCCCCCCCCCC(=O)OCC[S-].C=CCCCCCCCCCCCCCCCCCCC(=O)OCC[S-].C=CCCCCCCCCCCCCCCCCCCC(=O)OCC[S-].S.[Sn+2].[Sn+2]. The van der Waals surface area contributed by atoms with Crippen molar-refractivity contribution in [2.24, 2.45) is 0 Å². The Labute approximate surface area is 744 Å². The van der Waals surface area contributed by atoms with E-state index in [-0.39, 0.29) is 100 Å². The minimum atomic E-state index is -0.0810. The van der Waals surface area contributed by atoms with Crippen LogP contribution in [-0.2, 0) is 88.6 Å². The first kappa shape index (κ1) is 127. The number of carbonyl (C=O) groups excluding carboxylic acids is 4. The van der Waals surface area contributed by atoms with Gasteiger partial charge >= 0.3 is 71.7 Å². The molecule has 0 atom stereocenters. The third-order valence-corrected chi connectivity index (χ3v) is 20.2. The molecule has 0 aliphatic rings. The van der Waals surface area contributed by atoms with E-state index in [1.807, 2.05) is 24.3 Å². The largest absolute Gasteiger partial charge is 2.00 e. The molecule has 0 aromatic rings. The van der Waals surface area contributed by atoms with Crippen molar-refractivity contribution in [1.82, 2.24) is 0 Å². The van der Waals surface area contributed by atoms with Gasteiger partial charge in [-0.2, -0.15) is 13.5 Å². The summed E-state index contributed by atoms with van der Waals surface area (Å²) < 4.78 is 19.9. The monoisotopic (exact) mass is 1840 g/mol. The van der Waals surface area contributed by atoms with E-state index < -0.39 is 0 Å². The van der Waals surface area contributed by atoms with Crippen LogP contribution in [0.2, 0.25) is 0 Å². The van der Waals surface area contributed by atoms with Crippen molar-refractivity contribution in [3.63, 3.8) is 0 Å². The van der Waals surface area contributed by atoms with Gasteiger partial charge in [0.25, 0.3) is 0 Å². The average molecular weight is 1840 g/mol. The predicted octanol–water partition coefficient (Wildman–Crippen LogP) is 29.8. The van der Waals surface area contributed by atoms with Gasteiger partial charge in [0.05, 0.1) is 26.4 Å². The summed E-state index contributed by atoms with van der Waals surface area (Å²) in [4.78, 5) is 45.2. The smallest absolute Gasteiger partial charge is 0.789 e. The fraction of sp³-hybridized carbons (Fsp3) is 0.872. The van der Waals surface area contributed by atoms with Gasteiger partial charge in [-0.15, -0.1) is 49.3 Å². The van der Waals surface area contributed by atoms with Gasteiger partial charge in [-0.05, 0) is 77.0 Å². The molecule has 0 spiro atoms. The Morgan fingerprint density at radius 1 is 0.193 bits per heavy atom. The van der Waals surface area contributed by atoms with Crippen molar-refractivity contribution >= 4 is 136 Å². The summed E-state index contributed by atoms with van der Waals surface area (Å²) in [6.07, 6.45) is 101. The van der Waals surface area contributed by atoms with Gasteiger partial charge in [-0.1, -0.05) is 399 Å². The fourth-order valence-corrected chi connectivity index (χ4v) is 13.4. The molecule has 0 aliphatic heterocycles. The van der Waals surface area contributed by atoms with Crippen molar-refractivity contribution in [1.29, 1.82) is 0 Å². The maximum Gasteiger partial charge on any atom is 2.00 e. The van der Waals surface area contributed by atoms with Crippen LogP contribution in [0.3, 0.4) is 0 Å². The first-order chi connectivity index (χ1) is 51.2. The maximum absolute atomic E-state index is 11.3. The zero-order valence-electron chi connectivity index (χ0n) is 70.1. The second kappa shape index (κ2) is 124. The van der Waals surface area contributed by atoms with Gasteiger partial charge in [0.2, 0.25) is 0 Å². The first-order valence-electron chi connectivity index (χ1n) is 44.6. The molecule has 0 bridgehead atoms. The molecule has 0 fully saturated rings. The number of hydrogen-bond acceptors (Lipinski definition) is 12. The minimum absolute atomic E-state index is 0. The Morgan fingerprint density at radius 3 is 0.376 bits per heavy atom. The van der Waals surface area contributed by atoms with Gasteiger partial charge < -0.3 is 69.5 Å². The van der Waals surface area contributed by atoms with Crippen molar-refractivity contribution in [3.05, 3.63) is 50.6 Å². The number of unbranched alkanes of at least 4 members (excludes halogenated alkanes) is 64. The summed E-state index contributed by atoms with van der Waals surface area (Å²) in [6, 6.07) is 0. The normalized spacial score (nSPS) is 10.3. The number of carbonyl (C=O) groups is 4. The summed E-state index contributed by atoms with van der Waals surface area (Å²) in [5.41, 5.74) is 0. The molecule has 0 amide bonds. The Hall–Kier alpha value is 0.187. The topological polar surface area (TPSA) is 105 Å². The van der Waals surface area contributed by atoms with E-state index in [9.17, 15) is 19.2 Å². The Bertz CT molecular complexity index is 1480. The van der Waals surface area contributed by atoms with Crippen LogP contribution in [0.5, 0.6) is 0 Å².